The zero-order valence-corrected chi connectivity index (χ0v) is 6.32. The summed E-state index contributed by atoms with van der Waals surface area (Å²) in [5, 5.41) is 0.921. The van der Waals surface area contributed by atoms with Crippen molar-refractivity contribution < 1.29 is 4.79 Å². The van der Waals surface area contributed by atoms with E-state index >= 15 is 0 Å². The summed E-state index contributed by atoms with van der Waals surface area (Å²) in [5.41, 5.74) is 1.55. The van der Waals surface area contributed by atoms with Gasteiger partial charge < -0.3 is 9.78 Å². The Balaban J connectivity index is 2.65. The molecule has 0 aromatic carbocycles. The van der Waals surface area contributed by atoms with Gasteiger partial charge in [-0.05, 0) is 6.07 Å². The number of fused-ring (bicyclic) bond motifs is 1. The molecule has 0 aliphatic carbocycles. The quantitative estimate of drug-likeness (QED) is 0.659. The molecule has 1 N–H and O–H groups in total. The summed E-state index contributed by atoms with van der Waals surface area (Å²) in [6, 6.07) is 1.87. The highest BCUT2D eigenvalue weighted by molar-refractivity contribution is 5.79. The Morgan fingerprint density at radius 3 is 3.25 bits per heavy atom. The summed E-state index contributed by atoms with van der Waals surface area (Å²) in [6.07, 6.45) is 4.43. The van der Waals surface area contributed by atoms with Crippen molar-refractivity contribution in [2.75, 3.05) is 0 Å². The van der Waals surface area contributed by atoms with Crippen molar-refractivity contribution >= 4 is 17.3 Å². The summed E-state index contributed by atoms with van der Waals surface area (Å²) in [6.45, 7) is 0. The molecular formula is C8H7N3O. The number of nitrogens with one attached hydrogen (secondary N) is 1. The SMILES string of the molecule is O=CCc1ncnc2[nH]ccc12. The number of aromatic nitrogens is 3. The maximum absolute atomic E-state index is 10.3. The van der Waals surface area contributed by atoms with Crippen LogP contribution in [0.3, 0.4) is 0 Å². The molecule has 0 saturated carbocycles. The van der Waals surface area contributed by atoms with Crippen LogP contribution in [0.25, 0.3) is 11.0 Å². The monoisotopic (exact) mass is 161 g/mol. The van der Waals surface area contributed by atoms with Crippen LogP contribution >= 0.6 is 0 Å². The van der Waals surface area contributed by atoms with Gasteiger partial charge in [0.05, 0.1) is 5.69 Å². The van der Waals surface area contributed by atoms with Crippen molar-refractivity contribution in [2.45, 2.75) is 6.42 Å². The molecule has 2 rings (SSSR count). The van der Waals surface area contributed by atoms with Crippen LogP contribution < -0.4 is 0 Å². The van der Waals surface area contributed by atoms with Crippen molar-refractivity contribution in [3.05, 3.63) is 24.3 Å². The number of hydrogen-bond donors (Lipinski definition) is 1. The first kappa shape index (κ1) is 6.97. The van der Waals surface area contributed by atoms with Gasteiger partial charge >= 0.3 is 0 Å². The first-order valence-corrected chi connectivity index (χ1v) is 3.62. The molecule has 0 amide bonds. The van der Waals surface area contributed by atoms with E-state index < -0.39 is 0 Å². The van der Waals surface area contributed by atoms with Gasteiger partial charge in [-0.1, -0.05) is 0 Å². The van der Waals surface area contributed by atoms with Crippen molar-refractivity contribution in [3.63, 3.8) is 0 Å². The van der Waals surface area contributed by atoms with Crippen LogP contribution in [0.5, 0.6) is 0 Å². The maximum atomic E-state index is 10.3. The van der Waals surface area contributed by atoms with Gasteiger partial charge in [0.15, 0.2) is 0 Å². The Hall–Kier alpha value is -1.71. The van der Waals surface area contributed by atoms with Crippen molar-refractivity contribution in [3.8, 4) is 0 Å². The second-order valence-electron chi connectivity index (χ2n) is 2.43. The van der Waals surface area contributed by atoms with Gasteiger partial charge in [0.2, 0.25) is 0 Å². The highest BCUT2D eigenvalue weighted by Gasteiger charge is 2.02. The Bertz CT molecular complexity index is 407. The molecule has 60 valence electrons. The Kier molecular flexibility index (Phi) is 1.59. The molecule has 2 aromatic heterocycles. The third kappa shape index (κ3) is 0.972. The van der Waals surface area contributed by atoms with Crippen molar-refractivity contribution in [2.24, 2.45) is 0 Å². The summed E-state index contributed by atoms with van der Waals surface area (Å²) >= 11 is 0. The van der Waals surface area contributed by atoms with Crippen LogP contribution in [-0.4, -0.2) is 21.2 Å². The lowest BCUT2D eigenvalue weighted by atomic mass is 10.2. The maximum Gasteiger partial charge on any atom is 0.140 e. The number of aldehydes is 1. The van der Waals surface area contributed by atoms with Crippen LogP contribution in [0.4, 0.5) is 0 Å². The molecule has 4 heteroatoms. The van der Waals surface area contributed by atoms with Crippen molar-refractivity contribution in [1.29, 1.82) is 0 Å². The second kappa shape index (κ2) is 2.73. The molecule has 0 aliphatic heterocycles. The van der Waals surface area contributed by atoms with Gasteiger partial charge in [0, 0.05) is 18.0 Å². The topological polar surface area (TPSA) is 58.6 Å². The van der Waals surface area contributed by atoms with E-state index in [0.29, 0.717) is 6.42 Å². The molecule has 2 aromatic rings. The molecule has 0 radical (unpaired) electrons. The normalized spacial score (nSPS) is 10.3. The third-order valence-corrected chi connectivity index (χ3v) is 1.71. The van der Waals surface area contributed by atoms with Gasteiger partial charge in [0.25, 0.3) is 0 Å². The number of nitrogens with zero attached hydrogens (tertiary/aromatic N) is 2. The van der Waals surface area contributed by atoms with Crippen LogP contribution in [0.2, 0.25) is 0 Å². The van der Waals surface area contributed by atoms with Crippen LogP contribution in [0.15, 0.2) is 18.6 Å². The zero-order valence-electron chi connectivity index (χ0n) is 6.32. The number of aromatic amines is 1. The van der Waals surface area contributed by atoms with E-state index in [4.69, 9.17) is 0 Å². The van der Waals surface area contributed by atoms with Crippen LogP contribution in [0.1, 0.15) is 5.69 Å². The Labute approximate surface area is 68.7 Å². The fourth-order valence-corrected chi connectivity index (χ4v) is 1.17. The molecule has 0 saturated heterocycles. The van der Waals surface area contributed by atoms with Gasteiger partial charge in [-0.2, -0.15) is 0 Å². The first-order valence-electron chi connectivity index (χ1n) is 3.62. The molecule has 0 aliphatic rings. The average Bonchev–Trinajstić information content (AvgIpc) is 2.53. The molecule has 0 fully saturated rings. The predicted molar refractivity (Wildman–Crippen MR) is 43.7 cm³/mol. The minimum absolute atomic E-state index is 0.344. The lowest BCUT2D eigenvalue weighted by Gasteiger charge is -1.94. The van der Waals surface area contributed by atoms with E-state index in [9.17, 15) is 4.79 Å². The second-order valence-corrected chi connectivity index (χ2v) is 2.43. The lowest BCUT2D eigenvalue weighted by molar-refractivity contribution is -0.107. The number of hydrogen-bond acceptors (Lipinski definition) is 3. The average molecular weight is 161 g/mol. The molecule has 4 nitrogen and oxygen atoms in total. The highest BCUT2D eigenvalue weighted by atomic mass is 16.1. The fraction of sp³-hybridized carbons (Fsp3) is 0.125. The fourth-order valence-electron chi connectivity index (χ4n) is 1.17. The molecule has 0 spiro atoms. The zero-order chi connectivity index (χ0) is 8.39. The van der Waals surface area contributed by atoms with Gasteiger partial charge in [-0.25, -0.2) is 9.97 Å². The molecule has 0 unspecified atom stereocenters. The standard InChI is InChI=1S/C8H7N3O/c12-4-2-7-6-1-3-9-8(6)11-5-10-7/h1,3-5H,2H2,(H,9,10,11). The predicted octanol–water partition coefficient (Wildman–Crippen LogP) is 0.699. The third-order valence-electron chi connectivity index (χ3n) is 1.71. The van der Waals surface area contributed by atoms with E-state index in [1.54, 1.807) is 6.20 Å². The molecule has 2 heterocycles. The summed E-state index contributed by atoms with van der Waals surface area (Å²) in [5.74, 6) is 0. The number of carbonyl (C=O) groups excluding carboxylic acids is 1. The van der Waals surface area contributed by atoms with Gasteiger partial charge in [0.1, 0.15) is 18.3 Å². The number of carbonyl (C=O) groups is 1. The van der Waals surface area contributed by atoms with Crippen molar-refractivity contribution in [1.82, 2.24) is 15.0 Å². The molecule has 0 atom stereocenters. The van der Waals surface area contributed by atoms with E-state index in [0.717, 1.165) is 23.0 Å². The Morgan fingerprint density at radius 2 is 2.42 bits per heavy atom. The van der Waals surface area contributed by atoms with E-state index in [2.05, 4.69) is 15.0 Å². The van der Waals surface area contributed by atoms with Crippen LogP contribution in [-0.2, 0) is 11.2 Å². The minimum Gasteiger partial charge on any atom is -0.346 e. The highest BCUT2D eigenvalue weighted by Crippen LogP contribution is 2.11. The Morgan fingerprint density at radius 1 is 1.50 bits per heavy atom. The molecule has 12 heavy (non-hydrogen) atoms. The molecular weight excluding hydrogens is 154 g/mol. The minimum atomic E-state index is 0.344. The first-order chi connectivity index (χ1) is 5.92. The van der Waals surface area contributed by atoms with Gasteiger partial charge in [-0.15, -0.1) is 0 Å². The lowest BCUT2D eigenvalue weighted by Crippen LogP contribution is -1.92. The van der Waals surface area contributed by atoms with E-state index in [1.165, 1.54) is 6.33 Å². The molecule has 0 bridgehead atoms. The summed E-state index contributed by atoms with van der Waals surface area (Å²) < 4.78 is 0. The largest absolute Gasteiger partial charge is 0.346 e. The van der Waals surface area contributed by atoms with Crippen LogP contribution in [0, 0.1) is 0 Å². The van der Waals surface area contributed by atoms with Gasteiger partial charge in [-0.3, -0.25) is 0 Å². The number of rotatable bonds is 2. The smallest absolute Gasteiger partial charge is 0.140 e. The number of H-pyrrole nitrogens is 1. The van der Waals surface area contributed by atoms with E-state index in [1.807, 2.05) is 6.07 Å². The summed E-state index contributed by atoms with van der Waals surface area (Å²) in [7, 11) is 0. The summed E-state index contributed by atoms with van der Waals surface area (Å²) in [4.78, 5) is 21.2. The van der Waals surface area contributed by atoms with E-state index in [-0.39, 0.29) is 0 Å².